The summed E-state index contributed by atoms with van der Waals surface area (Å²) < 4.78 is 16.3. The molecule has 1 fully saturated rings. The predicted octanol–water partition coefficient (Wildman–Crippen LogP) is 5.45. The van der Waals surface area contributed by atoms with Gasteiger partial charge in [0.1, 0.15) is 5.76 Å². The lowest BCUT2D eigenvalue weighted by Crippen LogP contribution is -2.29. The number of aliphatic hydroxyl groups excluding tert-OH is 1. The lowest BCUT2D eigenvalue weighted by atomic mass is 9.94. The number of nitrogens with zero attached hydrogens (tertiary/aromatic N) is 1. The Bertz CT molecular complexity index is 1440. The Morgan fingerprint density at radius 2 is 1.81 bits per heavy atom. The number of halogens is 2. The van der Waals surface area contributed by atoms with Gasteiger partial charge < -0.3 is 24.4 Å². The number of phenols is 1. The maximum Gasteiger partial charge on any atom is 0.300 e. The zero-order valence-corrected chi connectivity index (χ0v) is 20.3. The average Bonchev–Trinajstić information content (AvgIpc) is 3.44. The first-order valence-electron chi connectivity index (χ1n) is 10.9. The molecule has 0 saturated carbocycles. The Morgan fingerprint density at radius 3 is 2.56 bits per heavy atom. The molecule has 3 aromatic carbocycles. The number of carbonyl (C=O) groups excluding carboxylic acids is 2. The van der Waals surface area contributed by atoms with Gasteiger partial charge in [-0.05, 0) is 55.0 Å². The topological polar surface area (TPSA) is 106 Å². The van der Waals surface area contributed by atoms with Crippen LogP contribution < -0.4 is 19.1 Å². The lowest BCUT2D eigenvalue weighted by Gasteiger charge is -2.26. The molecule has 1 amide bonds. The summed E-state index contributed by atoms with van der Waals surface area (Å²) in [5.74, 6) is -1.19. The van der Waals surface area contributed by atoms with Gasteiger partial charge >= 0.3 is 0 Å². The van der Waals surface area contributed by atoms with Crippen molar-refractivity contribution in [2.45, 2.75) is 13.0 Å². The molecule has 2 aliphatic heterocycles. The molecule has 2 N–H and O–H groups in total. The fourth-order valence-electron chi connectivity index (χ4n) is 4.22. The molecule has 36 heavy (non-hydrogen) atoms. The van der Waals surface area contributed by atoms with Crippen LogP contribution in [0.5, 0.6) is 23.0 Å². The maximum atomic E-state index is 13.4. The van der Waals surface area contributed by atoms with E-state index in [1.807, 2.05) is 0 Å². The lowest BCUT2D eigenvalue weighted by molar-refractivity contribution is -0.132. The number of aromatic hydroxyl groups is 1. The summed E-state index contributed by atoms with van der Waals surface area (Å²) in [4.78, 5) is 28.0. The van der Waals surface area contributed by atoms with Crippen LogP contribution in [0.1, 0.15) is 24.1 Å². The van der Waals surface area contributed by atoms with E-state index in [2.05, 4.69) is 0 Å². The molecule has 1 atom stereocenters. The average molecular weight is 528 g/mol. The van der Waals surface area contributed by atoms with E-state index in [0.29, 0.717) is 22.7 Å². The number of ether oxygens (including phenoxy) is 3. The molecular weight excluding hydrogens is 509 g/mol. The quantitative estimate of drug-likeness (QED) is 0.258. The molecule has 5 rings (SSSR count). The van der Waals surface area contributed by atoms with Crippen molar-refractivity contribution in [3.8, 4) is 23.0 Å². The standard InChI is InChI=1S/C26H19Cl2NO7/c1-2-34-20-10-13(4-7-18(20)30)23-22(24(31)14-3-6-16(27)17(28)9-14)25(32)26(33)29(23)15-5-8-19-21(11-15)36-12-35-19/h3-11,23,30-31H,2,12H2,1H3/b24-22+. The first kappa shape index (κ1) is 23.8. The first-order chi connectivity index (χ1) is 17.3. The second-order valence-electron chi connectivity index (χ2n) is 8.00. The highest BCUT2D eigenvalue weighted by molar-refractivity contribution is 6.51. The minimum Gasteiger partial charge on any atom is -0.507 e. The van der Waals surface area contributed by atoms with E-state index in [9.17, 15) is 19.8 Å². The third-order valence-corrected chi connectivity index (χ3v) is 6.61. The number of carbonyl (C=O) groups is 2. The number of phenolic OH excluding ortho intramolecular Hbond substituents is 1. The van der Waals surface area contributed by atoms with Crippen LogP contribution in [0.15, 0.2) is 60.2 Å². The van der Waals surface area contributed by atoms with Crippen molar-refractivity contribution in [3.63, 3.8) is 0 Å². The predicted molar refractivity (Wildman–Crippen MR) is 133 cm³/mol. The van der Waals surface area contributed by atoms with E-state index in [0.717, 1.165) is 0 Å². The number of benzene rings is 3. The van der Waals surface area contributed by atoms with Gasteiger partial charge in [-0.15, -0.1) is 0 Å². The maximum absolute atomic E-state index is 13.4. The van der Waals surface area contributed by atoms with Gasteiger partial charge in [0.15, 0.2) is 23.0 Å². The molecule has 3 aromatic rings. The normalized spacial score (nSPS) is 18.1. The summed E-state index contributed by atoms with van der Waals surface area (Å²) in [7, 11) is 0. The van der Waals surface area contributed by atoms with Gasteiger partial charge in [-0.1, -0.05) is 29.3 Å². The minimum atomic E-state index is -1.06. The second kappa shape index (κ2) is 9.29. The Kier molecular flexibility index (Phi) is 6.15. The molecule has 8 nitrogen and oxygen atoms in total. The minimum absolute atomic E-state index is 0.0358. The molecular formula is C26H19Cl2NO7. The van der Waals surface area contributed by atoms with Gasteiger partial charge in [0.05, 0.1) is 28.3 Å². The van der Waals surface area contributed by atoms with Crippen LogP contribution in [-0.4, -0.2) is 35.3 Å². The number of rotatable bonds is 5. The number of Topliss-reactive ketones (excluding diaryl/α,β-unsaturated/α-hetero) is 1. The van der Waals surface area contributed by atoms with Gasteiger partial charge in [0.2, 0.25) is 6.79 Å². The Hall–Kier alpha value is -3.88. The Balaban J connectivity index is 1.72. The number of anilines is 1. The molecule has 10 heteroatoms. The Morgan fingerprint density at radius 1 is 1.03 bits per heavy atom. The third kappa shape index (κ3) is 3.98. The van der Waals surface area contributed by atoms with Crippen LogP contribution in [0.3, 0.4) is 0 Å². The van der Waals surface area contributed by atoms with Crippen LogP contribution in [0.25, 0.3) is 5.76 Å². The number of fused-ring (bicyclic) bond motifs is 1. The summed E-state index contributed by atoms with van der Waals surface area (Å²) in [5.41, 5.74) is 0.825. The summed E-state index contributed by atoms with van der Waals surface area (Å²) in [5, 5.41) is 21.9. The molecule has 1 saturated heterocycles. The number of aliphatic hydroxyl groups is 1. The number of amides is 1. The van der Waals surface area contributed by atoms with Crippen molar-refractivity contribution in [3.05, 3.63) is 81.3 Å². The van der Waals surface area contributed by atoms with Crippen molar-refractivity contribution in [1.29, 1.82) is 0 Å². The zero-order chi connectivity index (χ0) is 25.6. The molecule has 0 radical (unpaired) electrons. The summed E-state index contributed by atoms with van der Waals surface area (Å²) in [6, 6.07) is 12.7. The van der Waals surface area contributed by atoms with Crippen molar-refractivity contribution >= 4 is 46.3 Å². The number of ketones is 1. The summed E-state index contributed by atoms with van der Waals surface area (Å²) in [6.07, 6.45) is 0. The molecule has 2 heterocycles. The van der Waals surface area contributed by atoms with Crippen LogP contribution in [0.4, 0.5) is 5.69 Å². The van der Waals surface area contributed by atoms with E-state index in [4.69, 9.17) is 37.4 Å². The summed E-state index contributed by atoms with van der Waals surface area (Å²) in [6.45, 7) is 2.08. The van der Waals surface area contributed by atoms with Gasteiger partial charge in [-0.2, -0.15) is 0 Å². The van der Waals surface area contributed by atoms with E-state index >= 15 is 0 Å². The van der Waals surface area contributed by atoms with E-state index in [1.54, 1.807) is 31.2 Å². The largest absolute Gasteiger partial charge is 0.507 e. The van der Waals surface area contributed by atoms with Crippen molar-refractivity contribution < 1.29 is 34.0 Å². The molecule has 1 unspecified atom stereocenters. The van der Waals surface area contributed by atoms with Crippen molar-refractivity contribution in [2.75, 3.05) is 18.3 Å². The number of hydrogen-bond donors (Lipinski definition) is 2. The van der Waals surface area contributed by atoms with E-state index in [-0.39, 0.29) is 46.1 Å². The van der Waals surface area contributed by atoms with Gasteiger partial charge in [-0.3, -0.25) is 14.5 Å². The van der Waals surface area contributed by atoms with E-state index < -0.39 is 23.5 Å². The fraction of sp³-hybridized carbons (Fsp3) is 0.154. The summed E-state index contributed by atoms with van der Waals surface area (Å²) >= 11 is 12.2. The molecule has 0 aliphatic carbocycles. The highest BCUT2D eigenvalue weighted by Crippen LogP contribution is 2.46. The first-order valence-corrected chi connectivity index (χ1v) is 11.7. The van der Waals surface area contributed by atoms with Crippen molar-refractivity contribution in [2.24, 2.45) is 0 Å². The molecule has 0 aromatic heterocycles. The van der Waals surface area contributed by atoms with Crippen LogP contribution in [0.2, 0.25) is 10.0 Å². The van der Waals surface area contributed by atoms with Gasteiger partial charge in [-0.25, -0.2) is 0 Å². The monoisotopic (exact) mass is 527 g/mol. The number of hydrogen-bond acceptors (Lipinski definition) is 7. The molecule has 184 valence electrons. The van der Waals surface area contributed by atoms with Crippen LogP contribution in [-0.2, 0) is 9.59 Å². The second-order valence-corrected chi connectivity index (χ2v) is 8.81. The SMILES string of the molecule is CCOc1cc(C2/C(=C(\O)c3ccc(Cl)c(Cl)c3)C(=O)C(=O)N2c2ccc3c(c2)OCO3)ccc1O. The van der Waals surface area contributed by atoms with E-state index in [1.165, 1.54) is 35.2 Å². The third-order valence-electron chi connectivity index (χ3n) is 5.87. The highest BCUT2D eigenvalue weighted by Gasteiger charge is 2.47. The zero-order valence-electron chi connectivity index (χ0n) is 18.8. The molecule has 0 bridgehead atoms. The Labute approximate surface area is 215 Å². The van der Waals surface area contributed by atoms with Crippen LogP contribution in [0, 0.1) is 0 Å². The smallest absolute Gasteiger partial charge is 0.300 e. The van der Waals surface area contributed by atoms with Crippen LogP contribution >= 0.6 is 23.2 Å². The fourth-order valence-corrected chi connectivity index (χ4v) is 4.52. The van der Waals surface area contributed by atoms with Crippen molar-refractivity contribution in [1.82, 2.24) is 0 Å². The van der Waals surface area contributed by atoms with Gasteiger partial charge in [0, 0.05) is 17.3 Å². The molecule has 0 spiro atoms. The molecule has 2 aliphatic rings. The van der Waals surface area contributed by atoms with Gasteiger partial charge in [0.25, 0.3) is 11.7 Å². The highest BCUT2D eigenvalue weighted by atomic mass is 35.5.